The van der Waals surface area contributed by atoms with E-state index in [-0.39, 0.29) is 31.0 Å². The van der Waals surface area contributed by atoms with Gasteiger partial charge in [-0.2, -0.15) is 0 Å². The lowest BCUT2D eigenvalue weighted by Gasteiger charge is -2.37. The van der Waals surface area contributed by atoms with Crippen LogP contribution in [0.5, 0.6) is 5.75 Å². The van der Waals surface area contributed by atoms with Gasteiger partial charge in [-0.15, -0.1) is 0 Å². The average molecular weight is 397 g/mol. The summed E-state index contributed by atoms with van der Waals surface area (Å²) in [6.45, 7) is 0.972. The highest BCUT2D eigenvalue weighted by atomic mass is 16.5. The maximum Gasteiger partial charge on any atom is 0.226 e. The smallest absolute Gasteiger partial charge is 0.226 e. The first-order valence-electron chi connectivity index (χ1n) is 10.1. The number of aliphatic hydroxyl groups is 2. The van der Waals surface area contributed by atoms with Crippen LogP contribution in [0.1, 0.15) is 23.5 Å². The van der Waals surface area contributed by atoms with Gasteiger partial charge in [-0.3, -0.25) is 4.79 Å². The summed E-state index contributed by atoms with van der Waals surface area (Å²) in [5.41, 5.74) is 2.26. The molecule has 2 aliphatic rings. The number of carbonyl (C=O) groups is 1. The van der Waals surface area contributed by atoms with E-state index in [2.05, 4.69) is 0 Å². The van der Waals surface area contributed by atoms with Crippen molar-refractivity contribution in [3.05, 3.63) is 65.7 Å². The zero-order chi connectivity index (χ0) is 20.2. The molecule has 1 amide bonds. The Labute approximate surface area is 170 Å². The average Bonchev–Trinajstić information content (AvgIpc) is 3.58. The van der Waals surface area contributed by atoms with E-state index in [0.717, 1.165) is 23.3 Å². The van der Waals surface area contributed by atoms with Gasteiger partial charge in [0, 0.05) is 19.0 Å². The van der Waals surface area contributed by atoms with E-state index in [0.29, 0.717) is 19.7 Å². The first kappa shape index (κ1) is 19.9. The molecule has 0 spiro atoms. The molecule has 0 unspecified atom stereocenters. The van der Waals surface area contributed by atoms with E-state index in [1.807, 2.05) is 54.6 Å². The Morgan fingerprint density at radius 3 is 2.28 bits per heavy atom. The molecule has 4 rings (SSSR count). The molecular weight excluding hydrogens is 370 g/mol. The van der Waals surface area contributed by atoms with Gasteiger partial charge in [0.05, 0.1) is 25.4 Å². The Hall–Kier alpha value is -2.41. The maximum atomic E-state index is 12.9. The van der Waals surface area contributed by atoms with Gasteiger partial charge in [0.15, 0.2) is 0 Å². The number of hydrogen-bond donors (Lipinski definition) is 2. The van der Waals surface area contributed by atoms with Crippen LogP contribution in [0, 0.1) is 5.92 Å². The minimum absolute atomic E-state index is 0.0390. The van der Waals surface area contributed by atoms with Crippen LogP contribution in [-0.4, -0.2) is 59.5 Å². The van der Waals surface area contributed by atoms with Crippen molar-refractivity contribution in [2.24, 2.45) is 5.92 Å². The molecule has 1 saturated heterocycles. The molecule has 0 bridgehead atoms. The maximum absolute atomic E-state index is 12.9. The second kappa shape index (κ2) is 8.95. The standard InChI is InChI=1S/C23H27NO5/c25-13-19-11-24(12-20(14-26)29-19)23(27)22-10-21(22)17-6-8-18(9-7-17)28-15-16-4-2-1-3-5-16/h1-9,19-22,25-26H,10-15H2/t19-,20-,21-,22+/m0/s1. The third-order valence-electron chi connectivity index (χ3n) is 5.62. The van der Waals surface area contributed by atoms with Crippen LogP contribution in [0.15, 0.2) is 54.6 Å². The Morgan fingerprint density at radius 2 is 1.66 bits per heavy atom. The number of nitrogens with zero attached hydrogens (tertiary/aromatic N) is 1. The molecule has 29 heavy (non-hydrogen) atoms. The quantitative estimate of drug-likeness (QED) is 0.747. The van der Waals surface area contributed by atoms with Gasteiger partial charge in [-0.25, -0.2) is 0 Å². The van der Waals surface area contributed by atoms with Gasteiger partial charge in [-0.05, 0) is 35.6 Å². The monoisotopic (exact) mass is 397 g/mol. The number of aliphatic hydroxyl groups excluding tert-OH is 2. The van der Waals surface area contributed by atoms with Gasteiger partial charge in [0.2, 0.25) is 5.91 Å². The van der Waals surface area contributed by atoms with Crippen LogP contribution in [0.2, 0.25) is 0 Å². The van der Waals surface area contributed by atoms with E-state index in [4.69, 9.17) is 9.47 Å². The third-order valence-corrected chi connectivity index (χ3v) is 5.62. The van der Waals surface area contributed by atoms with E-state index >= 15 is 0 Å². The highest BCUT2D eigenvalue weighted by Crippen LogP contribution is 2.49. The van der Waals surface area contributed by atoms with Crippen LogP contribution in [0.4, 0.5) is 0 Å². The van der Waals surface area contributed by atoms with Crippen LogP contribution in [0.3, 0.4) is 0 Å². The van der Waals surface area contributed by atoms with Gasteiger partial charge in [-0.1, -0.05) is 42.5 Å². The molecule has 4 atom stereocenters. The minimum atomic E-state index is -0.428. The van der Waals surface area contributed by atoms with E-state index in [9.17, 15) is 15.0 Å². The molecule has 6 heteroatoms. The lowest BCUT2D eigenvalue weighted by molar-refractivity contribution is -0.153. The van der Waals surface area contributed by atoms with E-state index in [1.54, 1.807) is 4.90 Å². The summed E-state index contributed by atoms with van der Waals surface area (Å²) in [6.07, 6.45) is -0.0280. The van der Waals surface area contributed by atoms with Crippen molar-refractivity contribution < 1.29 is 24.5 Å². The predicted octanol–water partition coefficient (Wildman–Crippen LogP) is 1.95. The fourth-order valence-corrected chi connectivity index (χ4v) is 3.93. The van der Waals surface area contributed by atoms with Crippen molar-refractivity contribution in [3.8, 4) is 5.75 Å². The van der Waals surface area contributed by atoms with Gasteiger partial charge in [0.25, 0.3) is 0 Å². The number of carbonyl (C=O) groups excluding carboxylic acids is 1. The summed E-state index contributed by atoms with van der Waals surface area (Å²) in [7, 11) is 0. The lowest BCUT2D eigenvalue weighted by Crippen LogP contribution is -2.52. The number of morpholine rings is 1. The second-order valence-corrected chi connectivity index (χ2v) is 7.78. The molecule has 2 N–H and O–H groups in total. The number of benzene rings is 2. The Morgan fingerprint density at radius 1 is 1.00 bits per heavy atom. The van der Waals surface area contributed by atoms with Crippen LogP contribution in [0.25, 0.3) is 0 Å². The third kappa shape index (κ3) is 4.78. The first-order chi connectivity index (χ1) is 14.2. The van der Waals surface area contributed by atoms with Gasteiger partial charge >= 0.3 is 0 Å². The number of rotatable bonds is 7. The summed E-state index contributed by atoms with van der Waals surface area (Å²) < 4.78 is 11.4. The largest absolute Gasteiger partial charge is 0.489 e. The van der Waals surface area contributed by atoms with Crippen LogP contribution < -0.4 is 4.74 Å². The van der Waals surface area contributed by atoms with Gasteiger partial charge < -0.3 is 24.6 Å². The van der Waals surface area contributed by atoms with Crippen molar-refractivity contribution >= 4 is 5.91 Å². The van der Waals surface area contributed by atoms with Crippen molar-refractivity contribution in [1.82, 2.24) is 4.90 Å². The normalized spacial score (nSPS) is 26.2. The fourth-order valence-electron chi connectivity index (χ4n) is 3.93. The molecule has 2 fully saturated rings. The minimum Gasteiger partial charge on any atom is -0.489 e. The van der Waals surface area contributed by atoms with E-state index < -0.39 is 12.2 Å². The summed E-state index contributed by atoms with van der Waals surface area (Å²) >= 11 is 0. The van der Waals surface area contributed by atoms with Crippen molar-refractivity contribution in [1.29, 1.82) is 0 Å². The van der Waals surface area contributed by atoms with Crippen molar-refractivity contribution in [2.45, 2.75) is 31.2 Å². The number of hydrogen-bond acceptors (Lipinski definition) is 5. The summed E-state index contributed by atoms with van der Waals surface area (Å²) in [4.78, 5) is 14.6. The first-order valence-corrected chi connectivity index (χ1v) is 10.1. The Bertz CT molecular complexity index is 798. The molecular formula is C23H27NO5. The molecule has 154 valence electrons. The summed E-state index contributed by atoms with van der Waals surface area (Å²) in [6, 6.07) is 18.0. The van der Waals surface area contributed by atoms with Crippen molar-refractivity contribution in [3.63, 3.8) is 0 Å². The molecule has 0 aromatic heterocycles. The second-order valence-electron chi connectivity index (χ2n) is 7.78. The van der Waals surface area contributed by atoms with Crippen molar-refractivity contribution in [2.75, 3.05) is 26.3 Å². The highest BCUT2D eigenvalue weighted by molar-refractivity contribution is 5.83. The molecule has 1 aliphatic heterocycles. The lowest BCUT2D eigenvalue weighted by atomic mass is 10.1. The molecule has 1 aliphatic carbocycles. The highest BCUT2D eigenvalue weighted by Gasteiger charge is 2.47. The molecule has 6 nitrogen and oxygen atoms in total. The Balaban J connectivity index is 1.32. The summed E-state index contributed by atoms with van der Waals surface area (Å²) in [5.74, 6) is 1.07. The molecule has 0 radical (unpaired) electrons. The van der Waals surface area contributed by atoms with E-state index in [1.165, 1.54) is 0 Å². The number of amides is 1. The van der Waals surface area contributed by atoms with Crippen LogP contribution >= 0.6 is 0 Å². The molecule has 2 aromatic carbocycles. The Kier molecular flexibility index (Phi) is 6.13. The summed E-state index contributed by atoms with van der Waals surface area (Å²) in [5, 5.41) is 18.7. The zero-order valence-corrected chi connectivity index (χ0v) is 16.3. The van der Waals surface area contributed by atoms with Gasteiger partial charge in [0.1, 0.15) is 12.4 Å². The fraction of sp³-hybridized carbons (Fsp3) is 0.435. The SMILES string of the molecule is O=C([C@@H]1C[C@H]1c1ccc(OCc2ccccc2)cc1)N1C[C@@H](CO)O[C@H](CO)C1. The number of ether oxygens (including phenoxy) is 2. The molecule has 2 aromatic rings. The zero-order valence-electron chi connectivity index (χ0n) is 16.3. The van der Waals surface area contributed by atoms with Crippen LogP contribution in [-0.2, 0) is 16.1 Å². The molecule has 1 heterocycles. The predicted molar refractivity (Wildman–Crippen MR) is 107 cm³/mol. The molecule has 1 saturated carbocycles. The topological polar surface area (TPSA) is 79.2 Å².